The summed E-state index contributed by atoms with van der Waals surface area (Å²) >= 11 is 5.76. The van der Waals surface area contributed by atoms with Crippen LogP contribution in [0.2, 0.25) is 5.02 Å². The fraction of sp³-hybridized carbons (Fsp3) is 0.222. The fourth-order valence-electron chi connectivity index (χ4n) is 1.35. The van der Waals surface area contributed by atoms with Gasteiger partial charge in [-0.3, -0.25) is 4.31 Å². The summed E-state index contributed by atoms with van der Waals surface area (Å²) in [6.45, 7) is 1.65. The minimum absolute atomic E-state index is 0.156. The van der Waals surface area contributed by atoms with E-state index in [-0.39, 0.29) is 4.90 Å². The molecular formula is C9H9ClN2O2S. The molecule has 2 rings (SSSR count). The van der Waals surface area contributed by atoms with Crippen LogP contribution in [0, 0.1) is 0 Å². The molecule has 0 unspecified atom stereocenters. The summed E-state index contributed by atoms with van der Waals surface area (Å²) in [6, 6.07) is 4.64. The van der Waals surface area contributed by atoms with Crippen LogP contribution in [0.4, 0.5) is 5.69 Å². The predicted molar refractivity (Wildman–Crippen MR) is 59.2 cm³/mol. The second kappa shape index (κ2) is 3.21. The Bertz CT molecular complexity index is 551. The van der Waals surface area contributed by atoms with Crippen molar-refractivity contribution in [2.24, 2.45) is 4.99 Å². The zero-order chi connectivity index (χ0) is 11.2. The number of hydrogen-bond donors (Lipinski definition) is 0. The molecule has 0 amide bonds. The van der Waals surface area contributed by atoms with Crippen LogP contribution < -0.4 is 0 Å². The highest BCUT2D eigenvalue weighted by molar-refractivity contribution is 7.89. The predicted octanol–water partition coefficient (Wildman–Crippen LogP) is 2.02. The molecule has 1 aliphatic rings. The number of sulfonamides is 1. The Labute approximate surface area is 93.2 Å². The first-order chi connectivity index (χ1) is 6.93. The number of hydrogen-bond acceptors (Lipinski definition) is 3. The molecule has 0 aliphatic carbocycles. The number of rotatable bonds is 0. The third kappa shape index (κ3) is 1.52. The van der Waals surface area contributed by atoms with Crippen molar-refractivity contribution in [3.05, 3.63) is 23.2 Å². The van der Waals surface area contributed by atoms with Gasteiger partial charge >= 0.3 is 0 Å². The maximum Gasteiger partial charge on any atom is 0.267 e. The van der Waals surface area contributed by atoms with E-state index in [0.29, 0.717) is 16.5 Å². The summed E-state index contributed by atoms with van der Waals surface area (Å²) in [5, 5.41) is 0.389. The lowest BCUT2D eigenvalue weighted by Crippen LogP contribution is -2.33. The number of fused-ring (bicyclic) bond motifs is 1. The second-order valence-corrected chi connectivity index (χ2v) is 5.62. The summed E-state index contributed by atoms with van der Waals surface area (Å²) in [6.07, 6.45) is 0. The molecule has 1 aromatic carbocycles. The average molecular weight is 245 g/mol. The van der Waals surface area contributed by atoms with Gasteiger partial charge in [-0.05, 0) is 25.1 Å². The van der Waals surface area contributed by atoms with Gasteiger partial charge in [-0.2, -0.15) is 0 Å². The van der Waals surface area contributed by atoms with Crippen molar-refractivity contribution < 1.29 is 8.42 Å². The van der Waals surface area contributed by atoms with E-state index in [2.05, 4.69) is 4.99 Å². The number of amidine groups is 1. The first kappa shape index (κ1) is 10.4. The maximum absolute atomic E-state index is 12.0. The van der Waals surface area contributed by atoms with Crippen LogP contribution in [0.15, 0.2) is 28.1 Å². The molecule has 0 aromatic heterocycles. The van der Waals surface area contributed by atoms with Crippen molar-refractivity contribution in [3.8, 4) is 0 Å². The summed E-state index contributed by atoms with van der Waals surface area (Å²) in [4.78, 5) is 4.32. The van der Waals surface area contributed by atoms with Crippen LogP contribution >= 0.6 is 11.6 Å². The van der Waals surface area contributed by atoms with Gasteiger partial charge in [-0.1, -0.05) is 11.6 Å². The Morgan fingerprint density at radius 2 is 2.07 bits per heavy atom. The van der Waals surface area contributed by atoms with E-state index in [1.54, 1.807) is 19.1 Å². The minimum atomic E-state index is -3.47. The van der Waals surface area contributed by atoms with Crippen LogP contribution in [0.1, 0.15) is 6.92 Å². The molecule has 0 bridgehead atoms. The summed E-state index contributed by atoms with van der Waals surface area (Å²) in [5.74, 6) is 0.449. The zero-order valence-electron chi connectivity index (χ0n) is 8.23. The molecule has 1 heterocycles. The third-order valence-electron chi connectivity index (χ3n) is 2.30. The highest BCUT2D eigenvalue weighted by atomic mass is 35.5. The summed E-state index contributed by atoms with van der Waals surface area (Å²) < 4.78 is 25.1. The molecule has 0 saturated heterocycles. The Balaban J connectivity index is 2.79. The molecule has 15 heavy (non-hydrogen) atoms. The summed E-state index contributed by atoms with van der Waals surface area (Å²) in [5.41, 5.74) is 0.440. The topological polar surface area (TPSA) is 49.7 Å². The van der Waals surface area contributed by atoms with E-state index in [4.69, 9.17) is 11.6 Å². The third-order valence-corrected chi connectivity index (χ3v) is 4.40. The molecule has 0 atom stereocenters. The highest BCUT2D eigenvalue weighted by Gasteiger charge is 2.29. The molecule has 0 N–H and O–H groups in total. The lowest BCUT2D eigenvalue weighted by atomic mass is 10.3. The molecule has 0 fully saturated rings. The zero-order valence-corrected chi connectivity index (χ0v) is 9.80. The maximum atomic E-state index is 12.0. The van der Waals surface area contributed by atoms with E-state index in [1.165, 1.54) is 13.1 Å². The van der Waals surface area contributed by atoms with Crippen molar-refractivity contribution in [1.29, 1.82) is 0 Å². The fourth-order valence-corrected chi connectivity index (χ4v) is 2.93. The van der Waals surface area contributed by atoms with Crippen molar-refractivity contribution in [3.63, 3.8) is 0 Å². The SMILES string of the molecule is CC1=Nc2ccc(Cl)cc2S(=O)(=O)N1C. The minimum Gasteiger partial charge on any atom is -0.257 e. The Hall–Kier alpha value is -1.07. The van der Waals surface area contributed by atoms with Gasteiger partial charge in [-0.25, -0.2) is 13.4 Å². The normalized spacial score (nSPS) is 18.3. The van der Waals surface area contributed by atoms with Gasteiger partial charge in [0.1, 0.15) is 10.7 Å². The van der Waals surface area contributed by atoms with Crippen LogP contribution in [-0.2, 0) is 10.0 Å². The van der Waals surface area contributed by atoms with E-state index in [9.17, 15) is 8.42 Å². The van der Waals surface area contributed by atoms with Gasteiger partial charge in [0, 0.05) is 12.1 Å². The van der Waals surface area contributed by atoms with Crippen molar-refractivity contribution >= 4 is 33.1 Å². The van der Waals surface area contributed by atoms with Gasteiger partial charge in [0.05, 0.1) is 5.69 Å². The number of halogens is 1. The van der Waals surface area contributed by atoms with Crippen molar-refractivity contribution in [1.82, 2.24) is 4.31 Å². The van der Waals surface area contributed by atoms with Gasteiger partial charge in [0.2, 0.25) is 0 Å². The Morgan fingerprint density at radius 1 is 1.40 bits per heavy atom. The lowest BCUT2D eigenvalue weighted by Gasteiger charge is -2.24. The highest BCUT2D eigenvalue weighted by Crippen LogP contribution is 2.33. The van der Waals surface area contributed by atoms with E-state index < -0.39 is 10.0 Å². The molecule has 1 aromatic rings. The molecule has 0 saturated carbocycles. The van der Waals surface area contributed by atoms with Gasteiger partial charge < -0.3 is 0 Å². The van der Waals surface area contributed by atoms with Crippen molar-refractivity contribution in [2.45, 2.75) is 11.8 Å². The first-order valence-electron chi connectivity index (χ1n) is 4.27. The van der Waals surface area contributed by atoms with Gasteiger partial charge in [-0.15, -0.1) is 0 Å². The smallest absolute Gasteiger partial charge is 0.257 e. The van der Waals surface area contributed by atoms with E-state index in [0.717, 1.165) is 4.31 Å². The number of nitrogens with zero attached hydrogens (tertiary/aromatic N) is 2. The molecule has 0 radical (unpaired) electrons. The number of aliphatic imine (C=N–C) groups is 1. The van der Waals surface area contributed by atoms with Crippen LogP contribution in [0.25, 0.3) is 0 Å². The van der Waals surface area contributed by atoms with Crippen LogP contribution in [0.3, 0.4) is 0 Å². The molecular weight excluding hydrogens is 236 g/mol. The average Bonchev–Trinajstić information content (AvgIpc) is 2.17. The van der Waals surface area contributed by atoms with Crippen LogP contribution in [0.5, 0.6) is 0 Å². The molecule has 0 spiro atoms. The summed E-state index contributed by atoms with van der Waals surface area (Å²) in [7, 11) is -2.00. The van der Waals surface area contributed by atoms with E-state index in [1.807, 2.05) is 0 Å². The van der Waals surface area contributed by atoms with Crippen molar-refractivity contribution in [2.75, 3.05) is 7.05 Å². The monoisotopic (exact) mass is 244 g/mol. The first-order valence-corrected chi connectivity index (χ1v) is 6.08. The van der Waals surface area contributed by atoms with Gasteiger partial charge in [0.25, 0.3) is 10.0 Å². The molecule has 6 heteroatoms. The standard InChI is InChI=1S/C9H9ClN2O2S/c1-6-11-8-4-3-7(10)5-9(8)15(13,14)12(6)2/h3-5H,1-2H3. The number of benzene rings is 1. The van der Waals surface area contributed by atoms with Crippen LogP contribution in [-0.4, -0.2) is 25.6 Å². The molecule has 80 valence electrons. The Kier molecular flexibility index (Phi) is 2.24. The van der Waals surface area contributed by atoms with E-state index >= 15 is 0 Å². The molecule has 1 aliphatic heterocycles. The lowest BCUT2D eigenvalue weighted by molar-refractivity contribution is 0.549. The van der Waals surface area contributed by atoms with Gasteiger partial charge in [0.15, 0.2) is 0 Å². The molecule has 4 nitrogen and oxygen atoms in total. The Morgan fingerprint density at radius 3 is 2.73 bits per heavy atom. The quantitative estimate of drug-likeness (QED) is 0.701. The second-order valence-electron chi connectivity index (χ2n) is 3.24. The largest absolute Gasteiger partial charge is 0.267 e.